The molecular formula is C16H24N2O3. The van der Waals surface area contributed by atoms with Gasteiger partial charge in [0.1, 0.15) is 5.75 Å². The summed E-state index contributed by atoms with van der Waals surface area (Å²) in [6, 6.07) is 7.21. The van der Waals surface area contributed by atoms with Crippen molar-refractivity contribution < 1.29 is 14.6 Å². The lowest BCUT2D eigenvalue weighted by atomic mass is 10.1. The molecule has 1 N–H and O–H groups in total. The molecule has 1 fully saturated rings. The van der Waals surface area contributed by atoms with Crippen LogP contribution in [0.2, 0.25) is 0 Å². The Morgan fingerprint density at radius 1 is 1.24 bits per heavy atom. The van der Waals surface area contributed by atoms with Crippen molar-refractivity contribution in [1.29, 1.82) is 0 Å². The molecule has 5 nitrogen and oxygen atoms in total. The van der Waals surface area contributed by atoms with Crippen molar-refractivity contribution in [1.82, 2.24) is 9.80 Å². The van der Waals surface area contributed by atoms with Crippen molar-refractivity contribution in [3.63, 3.8) is 0 Å². The van der Waals surface area contributed by atoms with Crippen LogP contribution in [0.25, 0.3) is 0 Å². The Balaban J connectivity index is 1.87. The smallest absolute Gasteiger partial charge is 0.253 e. The zero-order chi connectivity index (χ0) is 15.2. The topological polar surface area (TPSA) is 53.0 Å². The van der Waals surface area contributed by atoms with Gasteiger partial charge < -0.3 is 14.7 Å². The van der Waals surface area contributed by atoms with Gasteiger partial charge in [0.25, 0.3) is 5.91 Å². The summed E-state index contributed by atoms with van der Waals surface area (Å²) in [5.41, 5.74) is 0.692. The fourth-order valence-corrected chi connectivity index (χ4v) is 2.48. The number of methoxy groups -OCH3 is 1. The molecule has 0 aliphatic carbocycles. The minimum Gasteiger partial charge on any atom is -0.497 e. The molecule has 1 amide bonds. The summed E-state index contributed by atoms with van der Waals surface area (Å²) in [5.74, 6) is 0.818. The Hall–Kier alpha value is -1.59. The first-order valence-electron chi connectivity index (χ1n) is 7.47. The molecule has 21 heavy (non-hydrogen) atoms. The van der Waals surface area contributed by atoms with Crippen LogP contribution in [0.5, 0.6) is 5.75 Å². The molecule has 1 atom stereocenters. The van der Waals surface area contributed by atoms with Gasteiger partial charge in [-0.1, -0.05) is 6.92 Å². The van der Waals surface area contributed by atoms with Crippen LogP contribution in [-0.2, 0) is 0 Å². The average molecular weight is 292 g/mol. The number of amides is 1. The van der Waals surface area contributed by atoms with E-state index in [4.69, 9.17) is 4.74 Å². The van der Waals surface area contributed by atoms with Crippen LogP contribution in [-0.4, -0.2) is 66.8 Å². The van der Waals surface area contributed by atoms with Crippen LogP contribution >= 0.6 is 0 Å². The zero-order valence-corrected chi connectivity index (χ0v) is 12.8. The molecule has 0 bridgehead atoms. The van der Waals surface area contributed by atoms with Gasteiger partial charge in [-0.15, -0.1) is 0 Å². The molecule has 2 rings (SSSR count). The second-order valence-electron chi connectivity index (χ2n) is 5.38. The van der Waals surface area contributed by atoms with Gasteiger partial charge in [-0.3, -0.25) is 9.69 Å². The number of rotatable bonds is 5. The van der Waals surface area contributed by atoms with E-state index in [9.17, 15) is 9.90 Å². The standard InChI is InChI=1S/C16H24N2O3/c1-3-14(19)12-17-8-10-18(11-9-17)16(20)13-4-6-15(21-2)7-5-13/h4-7,14,19H,3,8-12H2,1-2H3/t14-/m1/s1. The zero-order valence-electron chi connectivity index (χ0n) is 12.8. The lowest BCUT2D eigenvalue weighted by Gasteiger charge is -2.35. The summed E-state index contributed by atoms with van der Waals surface area (Å²) in [7, 11) is 1.61. The number of benzene rings is 1. The number of aliphatic hydroxyl groups is 1. The van der Waals surface area contributed by atoms with Crippen LogP contribution in [0.1, 0.15) is 23.7 Å². The minimum absolute atomic E-state index is 0.0633. The van der Waals surface area contributed by atoms with E-state index in [2.05, 4.69) is 4.90 Å². The highest BCUT2D eigenvalue weighted by atomic mass is 16.5. The van der Waals surface area contributed by atoms with E-state index in [-0.39, 0.29) is 12.0 Å². The highest BCUT2D eigenvalue weighted by molar-refractivity contribution is 5.94. The maximum atomic E-state index is 12.4. The van der Waals surface area contributed by atoms with Crippen LogP contribution < -0.4 is 4.74 Å². The van der Waals surface area contributed by atoms with Crippen LogP contribution in [0.15, 0.2) is 24.3 Å². The number of carbonyl (C=O) groups excluding carboxylic acids is 1. The SMILES string of the molecule is CC[C@@H](O)CN1CCN(C(=O)c2ccc(OC)cc2)CC1. The monoisotopic (exact) mass is 292 g/mol. The third-order valence-corrected chi connectivity index (χ3v) is 3.94. The van der Waals surface area contributed by atoms with Gasteiger partial charge in [-0.2, -0.15) is 0 Å². The van der Waals surface area contributed by atoms with Gasteiger partial charge in [0.2, 0.25) is 0 Å². The number of nitrogens with zero attached hydrogens (tertiary/aromatic N) is 2. The predicted octanol–water partition coefficient (Wildman–Crippen LogP) is 1.22. The predicted molar refractivity (Wildman–Crippen MR) is 81.6 cm³/mol. The van der Waals surface area contributed by atoms with Crippen molar-refractivity contribution in [2.75, 3.05) is 39.8 Å². The summed E-state index contributed by atoms with van der Waals surface area (Å²) >= 11 is 0. The Kier molecular flexibility index (Phi) is 5.59. The molecule has 5 heteroatoms. The molecule has 1 aliphatic rings. The van der Waals surface area contributed by atoms with Crippen molar-refractivity contribution in [2.45, 2.75) is 19.4 Å². The van der Waals surface area contributed by atoms with Crippen LogP contribution in [0, 0.1) is 0 Å². The molecule has 1 heterocycles. The second-order valence-corrected chi connectivity index (χ2v) is 5.38. The van der Waals surface area contributed by atoms with Gasteiger partial charge >= 0.3 is 0 Å². The maximum Gasteiger partial charge on any atom is 0.253 e. The van der Waals surface area contributed by atoms with E-state index >= 15 is 0 Å². The molecule has 1 aliphatic heterocycles. The van der Waals surface area contributed by atoms with Gasteiger partial charge in [0.15, 0.2) is 0 Å². The molecule has 0 radical (unpaired) electrons. The lowest BCUT2D eigenvalue weighted by molar-refractivity contribution is 0.0524. The van der Waals surface area contributed by atoms with Gasteiger partial charge in [0, 0.05) is 38.3 Å². The van der Waals surface area contributed by atoms with E-state index in [1.54, 1.807) is 31.4 Å². The van der Waals surface area contributed by atoms with Crippen molar-refractivity contribution >= 4 is 5.91 Å². The van der Waals surface area contributed by atoms with E-state index in [0.29, 0.717) is 25.2 Å². The summed E-state index contributed by atoms with van der Waals surface area (Å²) < 4.78 is 5.10. The number of ether oxygens (including phenoxy) is 1. The van der Waals surface area contributed by atoms with E-state index in [1.807, 2.05) is 11.8 Å². The first-order valence-corrected chi connectivity index (χ1v) is 7.47. The summed E-state index contributed by atoms with van der Waals surface area (Å²) in [5, 5.41) is 9.68. The van der Waals surface area contributed by atoms with Gasteiger partial charge in [-0.25, -0.2) is 0 Å². The molecule has 1 aromatic rings. The number of hydrogen-bond acceptors (Lipinski definition) is 4. The first-order chi connectivity index (χ1) is 10.1. The van der Waals surface area contributed by atoms with E-state index in [0.717, 1.165) is 25.3 Å². The van der Waals surface area contributed by atoms with Gasteiger partial charge in [0.05, 0.1) is 13.2 Å². The third kappa shape index (κ3) is 4.19. The van der Waals surface area contributed by atoms with Crippen molar-refractivity contribution in [3.8, 4) is 5.75 Å². The summed E-state index contributed by atoms with van der Waals surface area (Å²) in [6.07, 6.45) is 0.499. The second kappa shape index (κ2) is 7.43. The van der Waals surface area contributed by atoms with E-state index in [1.165, 1.54) is 0 Å². The molecule has 116 valence electrons. The van der Waals surface area contributed by atoms with Crippen LogP contribution in [0.3, 0.4) is 0 Å². The summed E-state index contributed by atoms with van der Waals surface area (Å²) in [6.45, 7) is 5.73. The fourth-order valence-electron chi connectivity index (χ4n) is 2.48. The van der Waals surface area contributed by atoms with Gasteiger partial charge in [-0.05, 0) is 30.7 Å². The highest BCUT2D eigenvalue weighted by Gasteiger charge is 2.22. The number of carbonyl (C=O) groups is 1. The Bertz CT molecular complexity index is 453. The number of aliphatic hydroxyl groups excluding tert-OH is 1. The van der Waals surface area contributed by atoms with Crippen LogP contribution in [0.4, 0.5) is 0 Å². The molecule has 0 aromatic heterocycles. The number of piperazine rings is 1. The molecule has 0 saturated carbocycles. The molecular weight excluding hydrogens is 268 g/mol. The highest BCUT2D eigenvalue weighted by Crippen LogP contribution is 2.14. The van der Waals surface area contributed by atoms with E-state index < -0.39 is 0 Å². The largest absolute Gasteiger partial charge is 0.497 e. The number of β-amino-alcohol motifs (C(OH)–C–C–N with tert-alkyl or cyclic N) is 1. The molecule has 0 unspecified atom stereocenters. The Labute approximate surface area is 126 Å². The van der Waals surface area contributed by atoms with Crippen molar-refractivity contribution in [3.05, 3.63) is 29.8 Å². The Morgan fingerprint density at radius 3 is 2.38 bits per heavy atom. The lowest BCUT2D eigenvalue weighted by Crippen LogP contribution is -2.50. The maximum absolute atomic E-state index is 12.4. The minimum atomic E-state index is -0.270. The Morgan fingerprint density at radius 2 is 1.86 bits per heavy atom. The normalized spacial score (nSPS) is 17.6. The fraction of sp³-hybridized carbons (Fsp3) is 0.562. The number of hydrogen-bond donors (Lipinski definition) is 1. The molecule has 0 spiro atoms. The molecule has 1 aromatic carbocycles. The summed E-state index contributed by atoms with van der Waals surface area (Å²) in [4.78, 5) is 16.5. The quantitative estimate of drug-likeness (QED) is 0.887. The average Bonchev–Trinajstić information content (AvgIpc) is 2.55. The van der Waals surface area contributed by atoms with Crippen molar-refractivity contribution in [2.24, 2.45) is 0 Å². The third-order valence-electron chi connectivity index (χ3n) is 3.94. The molecule has 1 saturated heterocycles. The first kappa shape index (κ1) is 15.8.